The first-order chi connectivity index (χ1) is 7.57. The summed E-state index contributed by atoms with van der Waals surface area (Å²) in [6.07, 6.45) is 1.44. The topological polar surface area (TPSA) is 55.0 Å². The van der Waals surface area contributed by atoms with Crippen molar-refractivity contribution < 1.29 is 13.9 Å². The van der Waals surface area contributed by atoms with Crippen LogP contribution in [0.3, 0.4) is 0 Å². The van der Waals surface area contributed by atoms with Gasteiger partial charge in [-0.25, -0.2) is 9.18 Å². The number of rotatable bonds is 1. The van der Waals surface area contributed by atoms with Gasteiger partial charge < -0.3 is 4.74 Å². The van der Waals surface area contributed by atoms with Gasteiger partial charge in [-0.15, -0.1) is 0 Å². The van der Waals surface area contributed by atoms with Crippen molar-refractivity contribution >= 4 is 44.4 Å². The van der Waals surface area contributed by atoms with Gasteiger partial charge in [0.05, 0.1) is 28.3 Å². The highest BCUT2D eigenvalue weighted by atomic mass is 79.9. The highest BCUT2D eigenvalue weighted by Gasteiger charge is 2.23. The average Bonchev–Trinajstić information content (AvgIpc) is 2.74. The molecule has 1 aromatic carbocycles. The van der Waals surface area contributed by atoms with Crippen molar-refractivity contribution in [3.05, 3.63) is 27.1 Å². The summed E-state index contributed by atoms with van der Waals surface area (Å²) >= 11 is 8.88. The molecule has 0 fully saturated rings. The number of carbonyl (C=O) groups excluding carboxylic acids is 1. The molecule has 1 N–H and O–H groups in total. The molecule has 16 heavy (non-hydrogen) atoms. The molecule has 0 radical (unpaired) electrons. The van der Waals surface area contributed by atoms with Crippen LogP contribution in [-0.4, -0.2) is 23.3 Å². The molecule has 1 heterocycles. The Labute approximate surface area is 103 Å². The second kappa shape index (κ2) is 4.03. The van der Waals surface area contributed by atoms with E-state index in [1.54, 1.807) is 0 Å². The van der Waals surface area contributed by atoms with Crippen LogP contribution in [0.15, 0.2) is 10.7 Å². The van der Waals surface area contributed by atoms with Crippen molar-refractivity contribution in [3.8, 4) is 0 Å². The monoisotopic (exact) mass is 306 g/mol. The van der Waals surface area contributed by atoms with Crippen molar-refractivity contribution in [2.24, 2.45) is 0 Å². The summed E-state index contributed by atoms with van der Waals surface area (Å²) in [5.41, 5.74) is 0.00354. The van der Waals surface area contributed by atoms with Gasteiger partial charge >= 0.3 is 5.97 Å². The Balaban J connectivity index is 2.91. The number of aromatic nitrogens is 2. The molecule has 4 nitrogen and oxygen atoms in total. The predicted octanol–water partition coefficient (Wildman–Crippen LogP) is 2.90. The van der Waals surface area contributed by atoms with Crippen LogP contribution in [-0.2, 0) is 4.74 Å². The van der Waals surface area contributed by atoms with E-state index in [2.05, 4.69) is 30.9 Å². The standard InChI is InChI=1S/C9H5BrClFN2O2/c1-16-9(15)4-7(12)6(11)5(10)3-2-13-14-8(3)4/h2H,1H3,(H,13,14). The third kappa shape index (κ3) is 1.49. The molecule has 0 aliphatic rings. The minimum Gasteiger partial charge on any atom is -0.465 e. The zero-order chi connectivity index (χ0) is 11.9. The fraction of sp³-hybridized carbons (Fsp3) is 0.111. The molecule has 0 unspecified atom stereocenters. The second-order valence-electron chi connectivity index (χ2n) is 2.97. The van der Waals surface area contributed by atoms with Gasteiger partial charge in [0.2, 0.25) is 0 Å². The quantitative estimate of drug-likeness (QED) is 0.651. The lowest BCUT2D eigenvalue weighted by molar-refractivity contribution is 0.0597. The molecule has 0 aliphatic carbocycles. The van der Waals surface area contributed by atoms with Gasteiger partial charge in [0, 0.05) is 5.39 Å². The molecule has 0 amide bonds. The highest BCUT2D eigenvalue weighted by molar-refractivity contribution is 9.10. The molecule has 0 saturated heterocycles. The highest BCUT2D eigenvalue weighted by Crippen LogP contribution is 2.35. The Kier molecular flexibility index (Phi) is 2.86. The first kappa shape index (κ1) is 11.3. The normalized spacial score (nSPS) is 10.8. The Hall–Kier alpha value is -1.14. The van der Waals surface area contributed by atoms with Crippen LogP contribution in [0.4, 0.5) is 4.39 Å². The number of benzene rings is 1. The molecule has 0 bridgehead atoms. The predicted molar refractivity (Wildman–Crippen MR) is 60.1 cm³/mol. The fourth-order valence-corrected chi connectivity index (χ4v) is 2.04. The lowest BCUT2D eigenvalue weighted by Gasteiger charge is -2.06. The van der Waals surface area contributed by atoms with E-state index in [0.717, 1.165) is 0 Å². The van der Waals surface area contributed by atoms with E-state index >= 15 is 0 Å². The number of ether oxygens (including phenoxy) is 1. The van der Waals surface area contributed by atoms with E-state index in [-0.39, 0.29) is 16.1 Å². The molecule has 1 aromatic heterocycles. The minimum atomic E-state index is -0.836. The fourth-order valence-electron chi connectivity index (χ4n) is 1.37. The summed E-state index contributed by atoms with van der Waals surface area (Å²) in [6, 6.07) is 0. The number of aromatic amines is 1. The third-order valence-electron chi connectivity index (χ3n) is 2.12. The molecule has 2 aromatic rings. The average molecular weight is 308 g/mol. The Morgan fingerprint density at radius 1 is 1.69 bits per heavy atom. The molecule has 0 atom stereocenters. The number of methoxy groups -OCH3 is 1. The van der Waals surface area contributed by atoms with Gasteiger partial charge in [-0.05, 0) is 15.9 Å². The molecule has 0 aliphatic heterocycles. The van der Waals surface area contributed by atoms with E-state index in [9.17, 15) is 9.18 Å². The number of hydrogen-bond donors (Lipinski definition) is 1. The molecule has 0 saturated carbocycles. The number of hydrogen-bond acceptors (Lipinski definition) is 3. The van der Waals surface area contributed by atoms with Gasteiger partial charge in [0.25, 0.3) is 0 Å². The maximum atomic E-state index is 13.8. The number of nitrogens with zero attached hydrogens (tertiary/aromatic N) is 1. The maximum Gasteiger partial charge on any atom is 0.343 e. The summed E-state index contributed by atoms with van der Waals surface area (Å²) in [7, 11) is 1.17. The maximum absolute atomic E-state index is 13.8. The van der Waals surface area contributed by atoms with E-state index in [4.69, 9.17) is 11.6 Å². The second-order valence-corrected chi connectivity index (χ2v) is 4.14. The van der Waals surface area contributed by atoms with Crippen LogP contribution in [0.1, 0.15) is 10.4 Å². The van der Waals surface area contributed by atoms with Crippen LogP contribution in [0, 0.1) is 5.82 Å². The zero-order valence-electron chi connectivity index (χ0n) is 7.97. The summed E-state index contributed by atoms with van der Waals surface area (Å²) in [5, 5.41) is 6.61. The number of fused-ring (bicyclic) bond motifs is 1. The van der Waals surface area contributed by atoms with E-state index in [1.165, 1.54) is 13.3 Å². The van der Waals surface area contributed by atoms with E-state index < -0.39 is 11.8 Å². The van der Waals surface area contributed by atoms with E-state index in [1.807, 2.05) is 0 Å². The summed E-state index contributed by atoms with van der Waals surface area (Å²) < 4.78 is 18.6. The van der Waals surface area contributed by atoms with Gasteiger partial charge in [-0.1, -0.05) is 11.6 Å². The number of halogens is 3. The largest absolute Gasteiger partial charge is 0.465 e. The van der Waals surface area contributed by atoms with Crippen molar-refractivity contribution in [2.45, 2.75) is 0 Å². The van der Waals surface area contributed by atoms with Crippen molar-refractivity contribution in [2.75, 3.05) is 7.11 Å². The lowest BCUT2D eigenvalue weighted by atomic mass is 10.1. The summed E-state index contributed by atoms with van der Waals surface area (Å²) in [6.45, 7) is 0. The van der Waals surface area contributed by atoms with Crippen LogP contribution in [0.25, 0.3) is 10.9 Å². The molecular formula is C9H5BrClFN2O2. The summed E-state index contributed by atoms with van der Waals surface area (Å²) in [4.78, 5) is 11.4. The smallest absolute Gasteiger partial charge is 0.343 e. The number of nitrogens with one attached hydrogen (secondary N) is 1. The number of H-pyrrole nitrogens is 1. The number of carbonyl (C=O) groups is 1. The van der Waals surface area contributed by atoms with Gasteiger partial charge in [-0.3, -0.25) is 5.10 Å². The van der Waals surface area contributed by atoms with Gasteiger partial charge in [0.15, 0.2) is 5.82 Å². The Morgan fingerprint density at radius 3 is 3.00 bits per heavy atom. The van der Waals surface area contributed by atoms with Crippen LogP contribution >= 0.6 is 27.5 Å². The lowest BCUT2D eigenvalue weighted by Crippen LogP contribution is -2.06. The molecule has 84 valence electrons. The van der Waals surface area contributed by atoms with Crippen LogP contribution in [0.5, 0.6) is 0 Å². The van der Waals surface area contributed by atoms with Crippen LogP contribution < -0.4 is 0 Å². The van der Waals surface area contributed by atoms with Crippen molar-refractivity contribution in [3.63, 3.8) is 0 Å². The van der Waals surface area contributed by atoms with Crippen molar-refractivity contribution in [1.82, 2.24) is 10.2 Å². The molecule has 0 spiro atoms. The SMILES string of the molecule is COC(=O)c1c(F)c(Cl)c(Br)c2cn[nH]c12. The first-order valence-electron chi connectivity index (χ1n) is 4.15. The Morgan fingerprint density at radius 2 is 2.38 bits per heavy atom. The van der Waals surface area contributed by atoms with E-state index in [0.29, 0.717) is 9.86 Å². The zero-order valence-corrected chi connectivity index (χ0v) is 10.3. The van der Waals surface area contributed by atoms with Crippen LogP contribution in [0.2, 0.25) is 5.02 Å². The van der Waals surface area contributed by atoms with Gasteiger partial charge in [0.1, 0.15) is 5.56 Å². The number of esters is 1. The molecule has 7 heteroatoms. The Bertz CT molecular complexity index is 584. The summed E-state index contributed by atoms with van der Waals surface area (Å²) in [5.74, 6) is -1.64. The van der Waals surface area contributed by atoms with Crippen molar-refractivity contribution in [1.29, 1.82) is 0 Å². The first-order valence-corrected chi connectivity index (χ1v) is 5.32. The molecular weight excluding hydrogens is 302 g/mol. The van der Waals surface area contributed by atoms with Gasteiger partial charge in [-0.2, -0.15) is 5.10 Å². The minimum absolute atomic E-state index is 0.172. The molecule has 2 rings (SSSR count). The third-order valence-corrected chi connectivity index (χ3v) is 3.53.